The van der Waals surface area contributed by atoms with Gasteiger partial charge in [-0.25, -0.2) is 8.42 Å². The number of sulfonamides is 1. The van der Waals surface area contributed by atoms with E-state index in [0.29, 0.717) is 5.39 Å². The van der Waals surface area contributed by atoms with Crippen LogP contribution in [-0.2, 0) is 14.8 Å². The van der Waals surface area contributed by atoms with Crippen LogP contribution in [0.4, 0.5) is 0 Å². The summed E-state index contributed by atoms with van der Waals surface area (Å²) in [5.41, 5.74) is 0. The lowest BCUT2D eigenvalue weighted by atomic mass is 9.94. The summed E-state index contributed by atoms with van der Waals surface area (Å²) < 4.78 is 28.4. The van der Waals surface area contributed by atoms with Crippen molar-refractivity contribution in [3.8, 4) is 0 Å². The molecule has 0 spiro atoms. The molecule has 0 aromatic heterocycles. The number of rotatable bonds is 5. The first-order chi connectivity index (χ1) is 12.9. The summed E-state index contributed by atoms with van der Waals surface area (Å²) >= 11 is 0. The molecule has 0 radical (unpaired) electrons. The number of nitrogens with one attached hydrogen (secondary N) is 2. The first-order valence-corrected chi connectivity index (χ1v) is 10.0. The molecule has 4 aromatic carbocycles. The van der Waals surface area contributed by atoms with Crippen molar-refractivity contribution in [3.63, 3.8) is 0 Å². The van der Waals surface area contributed by atoms with Gasteiger partial charge in [-0.3, -0.25) is 4.79 Å². The Bertz CT molecular complexity index is 1280. The molecule has 1 amide bonds. The maximum absolute atomic E-state index is 13.0. The third kappa shape index (κ3) is 2.93. The van der Waals surface area contributed by atoms with Gasteiger partial charge in [0.15, 0.2) is 0 Å². The first-order valence-electron chi connectivity index (χ1n) is 8.52. The molecular weight excluding hydrogens is 360 g/mol. The van der Waals surface area contributed by atoms with Crippen molar-refractivity contribution in [2.75, 3.05) is 0 Å². The Labute approximate surface area is 157 Å². The zero-order chi connectivity index (χ0) is 19.2. The molecule has 27 heavy (non-hydrogen) atoms. The molecule has 0 aliphatic rings. The summed E-state index contributed by atoms with van der Waals surface area (Å²) in [6.07, 6.45) is 0.333. The molecule has 0 aliphatic heterocycles. The van der Waals surface area contributed by atoms with Crippen molar-refractivity contribution in [2.24, 2.45) is 0 Å². The molecule has 5 nitrogen and oxygen atoms in total. The van der Waals surface area contributed by atoms with Crippen LogP contribution in [0.2, 0.25) is 0 Å². The van der Waals surface area contributed by atoms with E-state index in [0.717, 1.165) is 33.0 Å². The van der Waals surface area contributed by atoms with E-state index in [1.807, 2.05) is 48.5 Å². The largest absolute Gasteiger partial charge is 0.337 e. The topological polar surface area (TPSA) is 75.3 Å². The van der Waals surface area contributed by atoms with Gasteiger partial charge in [-0.2, -0.15) is 4.72 Å². The molecule has 6 heteroatoms. The van der Waals surface area contributed by atoms with Gasteiger partial charge in [0.25, 0.3) is 0 Å². The highest BCUT2D eigenvalue weighted by Gasteiger charge is 2.22. The fourth-order valence-corrected chi connectivity index (χ4v) is 4.90. The van der Waals surface area contributed by atoms with Gasteiger partial charge in [0.2, 0.25) is 15.9 Å². The highest BCUT2D eigenvalue weighted by Crippen LogP contribution is 2.37. The van der Waals surface area contributed by atoms with E-state index < -0.39 is 22.1 Å². The summed E-state index contributed by atoms with van der Waals surface area (Å²) in [5, 5.41) is 8.27. The second-order valence-corrected chi connectivity index (χ2v) is 8.16. The Morgan fingerprint density at radius 3 is 2.22 bits per heavy atom. The molecular formula is C21H18N2O3S. The van der Waals surface area contributed by atoms with Crippen LogP contribution < -0.4 is 10.0 Å². The Balaban J connectivity index is 1.89. The van der Waals surface area contributed by atoms with E-state index in [1.165, 1.54) is 0 Å². The minimum Gasteiger partial charge on any atom is -0.337 e. The Kier molecular flexibility index (Phi) is 4.09. The SMILES string of the molecule is C=CC(=O)NC(C)NS(=O)(=O)c1ccc2ccc3cccc4ccc1c2c34. The molecule has 0 saturated heterocycles. The normalized spacial score (nSPS) is 13.2. The number of hydrogen-bond acceptors (Lipinski definition) is 3. The van der Waals surface area contributed by atoms with Crippen LogP contribution in [0.5, 0.6) is 0 Å². The smallest absolute Gasteiger partial charge is 0.244 e. The third-order valence-corrected chi connectivity index (χ3v) is 6.25. The number of amides is 1. The molecule has 2 N–H and O–H groups in total. The van der Waals surface area contributed by atoms with Crippen LogP contribution in [0, 0.1) is 0 Å². The van der Waals surface area contributed by atoms with Crippen molar-refractivity contribution in [3.05, 3.63) is 67.3 Å². The van der Waals surface area contributed by atoms with Gasteiger partial charge in [-0.05, 0) is 46.0 Å². The lowest BCUT2D eigenvalue weighted by molar-refractivity contribution is -0.117. The summed E-state index contributed by atoms with van der Waals surface area (Å²) in [4.78, 5) is 11.6. The van der Waals surface area contributed by atoms with Gasteiger partial charge < -0.3 is 5.32 Å². The molecule has 4 rings (SSSR count). The van der Waals surface area contributed by atoms with E-state index in [1.54, 1.807) is 13.0 Å². The molecule has 0 heterocycles. The molecule has 0 aliphatic carbocycles. The summed E-state index contributed by atoms with van der Waals surface area (Å²) in [6, 6.07) is 17.3. The fourth-order valence-electron chi connectivity index (χ4n) is 3.54. The van der Waals surface area contributed by atoms with E-state index in [2.05, 4.69) is 16.6 Å². The highest BCUT2D eigenvalue weighted by atomic mass is 32.2. The number of hydrogen-bond donors (Lipinski definition) is 2. The van der Waals surface area contributed by atoms with Crippen molar-refractivity contribution >= 4 is 48.2 Å². The van der Waals surface area contributed by atoms with Crippen LogP contribution in [0.3, 0.4) is 0 Å². The van der Waals surface area contributed by atoms with E-state index >= 15 is 0 Å². The van der Waals surface area contributed by atoms with Gasteiger partial charge in [0.05, 0.1) is 11.1 Å². The molecule has 1 atom stereocenters. The monoisotopic (exact) mass is 378 g/mol. The van der Waals surface area contributed by atoms with Gasteiger partial charge in [0, 0.05) is 5.39 Å². The maximum Gasteiger partial charge on any atom is 0.244 e. The minimum absolute atomic E-state index is 0.188. The zero-order valence-electron chi connectivity index (χ0n) is 14.7. The Morgan fingerprint density at radius 1 is 0.963 bits per heavy atom. The lowest BCUT2D eigenvalue weighted by Gasteiger charge is -2.17. The summed E-state index contributed by atoms with van der Waals surface area (Å²) in [6.45, 7) is 4.93. The molecule has 136 valence electrons. The van der Waals surface area contributed by atoms with Gasteiger partial charge >= 0.3 is 0 Å². The maximum atomic E-state index is 13.0. The van der Waals surface area contributed by atoms with Crippen molar-refractivity contribution in [1.29, 1.82) is 0 Å². The first kappa shape index (κ1) is 17.5. The Morgan fingerprint density at radius 2 is 1.56 bits per heavy atom. The van der Waals surface area contributed by atoms with Crippen LogP contribution in [0.15, 0.2) is 72.1 Å². The van der Waals surface area contributed by atoms with Gasteiger partial charge in [-0.15, -0.1) is 0 Å². The number of benzene rings is 4. The van der Waals surface area contributed by atoms with E-state index in [-0.39, 0.29) is 4.90 Å². The predicted molar refractivity (Wildman–Crippen MR) is 108 cm³/mol. The predicted octanol–water partition coefficient (Wildman–Crippen LogP) is 3.51. The average molecular weight is 378 g/mol. The van der Waals surface area contributed by atoms with Crippen LogP contribution >= 0.6 is 0 Å². The molecule has 0 saturated carbocycles. The lowest BCUT2D eigenvalue weighted by Crippen LogP contribution is -2.45. The molecule has 0 bridgehead atoms. The average Bonchev–Trinajstić information content (AvgIpc) is 2.65. The van der Waals surface area contributed by atoms with Crippen LogP contribution in [0.25, 0.3) is 32.3 Å². The second kappa shape index (κ2) is 6.33. The standard InChI is InChI=1S/C21H18N2O3S/c1-3-19(24)22-13(2)23-27(25,26)18-12-10-16-8-7-14-5-4-6-15-9-11-17(18)21(16)20(14)15/h3-13,23H,1H2,2H3,(H,22,24). The van der Waals surface area contributed by atoms with Crippen molar-refractivity contribution in [2.45, 2.75) is 18.0 Å². The quantitative estimate of drug-likeness (QED) is 0.317. The second-order valence-electron chi connectivity index (χ2n) is 6.48. The van der Waals surface area contributed by atoms with E-state index in [4.69, 9.17) is 0 Å². The van der Waals surface area contributed by atoms with Crippen molar-refractivity contribution in [1.82, 2.24) is 10.0 Å². The third-order valence-electron chi connectivity index (χ3n) is 4.65. The summed E-state index contributed by atoms with van der Waals surface area (Å²) in [7, 11) is -3.84. The summed E-state index contributed by atoms with van der Waals surface area (Å²) in [5.74, 6) is -0.444. The highest BCUT2D eigenvalue weighted by molar-refractivity contribution is 7.89. The van der Waals surface area contributed by atoms with E-state index in [9.17, 15) is 13.2 Å². The molecule has 0 fully saturated rings. The zero-order valence-corrected chi connectivity index (χ0v) is 15.5. The molecule has 4 aromatic rings. The number of carbonyl (C=O) groups excluding carboxylic acids is 1. The Hall–Kier alpha value is -2.96. The number of carbonyl (C=O) groups is 1. The molecule has 1 unspecified atom stereocenters. The van der Waals surface area contributed by atoms with Gasteiger partial charge in [-0.1, -0.05) is 55.1 Å². The minimum atomic E-state index is -3.84. The van der Waals surface area contributed by atoms with Crippen molar-refractivity contribution < 1.29 is 13.2 Å². The fraction of sp³-hybridized carbons (Fsp3) is 0.0952. The van der Waals surface area contributed by atoms with Crippen LogP contribution in [0.1, 0.15) is 6.92 Å². The van der Waals surface area contributed by atoms with Crippen LogP contribution in [-0.4, -0.2) is 20.5 Å². The van der Waals surface area contributed by atoms with Gasteiger partial charge in [0.1, 0.15) is 0 Å².